The Morgan fingerprint density at radius 2 is 2.13 bits per heavy atom. The van der Waals surface area contributed by atoms with E-state index in [4.69, 9.17) is 15.5 Å². The third-order valence-electron chi connectivity index (χ3n) is 5.76. The van der Waals surface area contributed by atoms with Crippen molar-refractivity contribution in [2.24, 2.45) is 16.6 Å². The van der Waals surface area contributed by atoms with Crippen molar-refractivity contribution in [3.8, 4) is 5.75 Å². The average molecular weight is 426 g/mol. The van der Waals surface area contributed by atoms with Crippen LogP contribution in [0.2, 0.25) is 0 Å². The van der Waals surface area contributed by atoms with Gasteiger partial charge in [0, 0.05) is 12.0 Å². The molecule has 0 fully saturated rings. The normalized spacial score (nSPS) is 17.3. The zero-order valence-corrected chi connectivity index (χ0v) is 19.1. The molecular formula is C24H35N5O2. The Hall–Kier alpha value is -2.67. The summed E-state index contributed by atoms with van der Waals surface area (Å²) in [6.45, 7) is 8.20. The number of carbonyl (C=O) groups excluding carboxylic acids is 1. The van der Waals surface area contributed by atoms with Crippen LogP contribution in [-0.2, 0) is 11.2 Å². The van der Waals surface area contributed by atoms with E-state index in [1.807, 2.05) is 35.9 Å². The molecule has 1 aliphatic rings. The molecule has 1 aromatic heterocycles. The molecule has 0 radical (unpaired) electrons. The standard InChI is InChI=1S/C24H35N5O2/c1-5-7-8-10-18(6-2)13-22-26-16(3)23-21(15-30)27-24(28-29(22)23)19-11-9-12-20(14-19)31-17(4)25/h9,11-12,14-15,17-18,21H,5-8,10,13,25H2,1-4H3,(H,27,28). The van der Waals surface area contributed by atoms with Gasteiger partial charge in [-0.05, 0) is 31.9 Å². The molecule has 0 spiro atoms. The summed E-state index contributed by atoms with van der Waals surface area (Å²) in [5.41, 5.74) is 11.7. The number of imidazole rings is 1. The van der Waals surface area contributed by atoms with Crippen LogP contribution < -0.4 is 15.9 Å². The van der Waals surface area contributed by atoms with Crippen molar-refractivity contribution >= 4 is 12.1 Å². The Kier molecular flexibility index (Phi) is 7.85. The van der Waals surface area contributed by atoms with Gasteiger partial charge in [0.25, 0.3) is 0 Å². The molecule has 0 bridgehead atoms. The van der Waals surface area contributed by atoms with E-state index in [-0.39, 0.29) is 0 Å². The van der Waals surface area contributed by atoms with Crippen LogP contribution in [0.3, 0.4) is 0 Å². The summed E-state index contributed by atoms with van der Waals surface area (Å²) in [5.74, 6) is 2.81. The van der Waals surface area contributed by atoms with Crippen LogP contribution in [0.25, 0.3) is 0 Å². The second kappa shape index (κ2) is 10.6. The first-order chi connectivity index (χ1) is 15.0. The van der Waals surface area contributed by atoms with Gasteiger partial charge in [-0.2, -0.15) is 0 Å². The number of benzene rings is 1. The number of rotatable bonds is 11. The molecule has 3 rings (SSSR count). The van der Waals surface area contributed by atoms with E-state index >= 15 is 0 Å². The predicted molar refractivity (Wildman–Crippen MR) is 124 cm³/mol. The van der Waals surface area contributed by atoms with E-state index in [1.54, 1.807) is 6.92 Å². The van der Waals surface area contributed by atoms with Gasteiger partial charge in [-0.3, -0.25) is 11.2 Å². The number of hydrogen-bond donors (Lipinski definition) is 2. The van der Waals surface area contributed by atoms with Crippen LogP contribution in [0.5, 0.6) is 5.75 Å². The summed E-state index contributed by atoms with van der Waals surface area (Å²) < 4.78 is 7.59. The van der Waals surface area contributed by atoms with Gasteiger partial charge < -0.3 is 9.53 Å². The quantitative estimate of drug-likeness (QED) is 0.318. The van der Waals surface area contributed by atoms with Gasteiger partial charge >= 0.3 is 0 Å². The number of aromatic nitrogens is 2. The molecule has 3 N–H and O–H groups in total. The molecule has 1 aromatic carbocycles. The first-order valence-electron chi connectivity index (χ1n) is 11.4. The number of amidine groups is 1. The highest BCUT2D eigenvalue weighted by molar-refractivity contribution is 6.06. The van der Waals surface area contributed by atoms with E-state index in [0.29, 0.717) is 17.5 Å². The zero-order chi connectivity index (χ0) is 22.4. The number of fused-ring (bicyclic) bond motifs is 1. The first-order valence-corrected chi connectivity index (χ1v) is 11.4. The second-order valence-corrected chi connectivity index (χ2v) is 8.33. The van der Waals surface area contributed by atoms with Crippen molar-refractivity contribution in [2.75, 3.05) is 5.43 Å². The maximum atomic E-state index is 11.9. The number of ether oxygens (including phenoxy) is 1. The lowest BCUT2D eigenvalue weighted by Gasteiger charge is -2.25. The van der Waals surface area contributed by atoms with Gasteiger partial charge in [-0.15, -0.1) is 0 Å². The highest BCUT2D eigenvalue weighted by Crippen LogP contribution is 2.28. The molecule has 31 heavy (non-hydrogen) atoms. The summed E-state index contributed by atoms with van der Waals surface area (Å²) >= 11 is 0. The largest absolute Gasteiger partial charge is 0.476 e. The Bertz CT molecular complexity index is 919. The van der Waals surface area contributed by atoms with Crippen molar-refractivity contribution in [3.05, 3.63) is 47.0 Å². The van der Waals surface area contributed by atoms with Crippen molar-refractivity contribution in [1.29, 1.82) is 0 Å². The van der Waals surface area contributed by atoms with Gasteiger partial charge in [0.15, 0.2) is 12.3 Å². The lowest BCUT2D eigenvalue weighted by molar-refractivity contribution is -0.109. The SMILES string of the molecule is CCCCCC(CC)Cc1nc(C)c2n1NC(c1cccc(OC(C)N)c1)=NC2C=O. The zero-order valence-electron chi connectivity index (χ0n) is 19.1. The highest BCUT2D eigenvalue weighted by Gasteiger charge is 2.28. The van der Waals surface area contributed by atoms with E-state index in [2.05, 4.69) is 24.3 Å². The number of hydrogen-bond acceptors (Lipinski definition) is 6. The topological polar surface area (TPSA) is 94.5 Å². The summed E-state index contributed by atoms with van der Waals surface area (Å²) in [6.07, 6.45) is 7.38. The fourth-order valence-electron chi connectivity index (χ4n) is 4.10. The Labute approximate surface area is 185 Å². The average Bonchev–Trinajstić information content (AvgIpc) is 3.07. The third-order valence-corrected chi connectivity index (χ3v) is 5.76. The number of aldehydes is 1. The molecule has 0 saturated heterocycles. The molecule has 7 nitrogen and oxygen atoms in total. The van der Waals surface area contributed by atoms with E-state index < -0.39 is 12.3 Å². The molecule has 1 aliphatic heterocycles. The van der Waals surface area contributed by atoms with Crippen LogP contribution in [0.4, 0.5) is 0 Å². The Morgan fingerprint density at radius 3 is 2.81 bits per heavy atom. The van der Waals surface area contributed by atoms with Gasteiger partial charge in [-0.1, -0.05) is 58.1 Å². The number of carbonyl (C=O) groups is 1. The summed E-state index contributed by atoms with van der Waals surface area (Å²) in [4.78, 5) is 21.4. The third kappa shape index (κ3) is 5.53. The molecular weight excluding hydrogens is 390 g/mol. The number of aliphatic imine (C=N–C) groups is 1. The van der Waals surface area contributed by atoms with Gasteiger partial charge in [-0.25, -0.2) is 14.7 Å². The lowest BCUT2D eigenvalue weighted by atomic mass is 9.95. The molecule has 3 atom stereocenters. The molecule has 2 heterocycles. The van der Waals surface area contributed by atoms with Crippen molar-refractivity contribution < 1.29 is 9.53 Å². The van der Waals surface area contributed by atoms with E-state index in [1.165, 1.54) is 25.7 Å². The smallest absolute Gasteiger partial charge is 0.151 e. The highest BCUT2D eigenvalue weighted by atomic mass is 16.5. The predicted octanol–water partition coefficient (Wildman–Crippen LogP) is 4.27. The Balaban J connectivity index is 1.89. The maximum absolute atomic E-state index is 11.9. The number of nitrogens with one attached hydrogen (secondary N) is 1. The van der Waals surface area contributed by atoms with Crippen LogP contribution in [0.15, 0.2) is 29.3 Å². The maximum Gasteiger partial charge on any atom is 0.151 e. The van der Waals surface area contributed by atoms with Crippen molar-refractivity contribution in [2.45, 2.75) is 78.5 Å². The molecule has 3 unspecified atom stereocenters. The van der Waals surface area contributed by atoms with Crippen LogP contribution in [0.1, 0.15) is 81.7 Å². The second-order valence-electron chi connectivity index (χ2n) is 8.33. The van der Waals surface area contributed by atoms with E-state index in [0.717, 1.165) is 41.9 Å². The van der Waals surface area contributed by atoms with Gasteiger partial charge in [0.05, 0.1) is 11.4 Å². The summed E-state index contributed by atoms with van der Waals surface area (Å²) in [5, 5.41) is 0. The first kappa shape index (κ1) is 23.0. The molecule has 0 saturated carbocycles. The van der Waals surface area contributed by atoms with Crippen molar-refractivity contribution in [1.82, 2.24) is 9.66 Å². The number of unbranched alkanes of at least 4 members (excludes halogenated alkanes) is 2. The summed E-state index contributed by atoms with van der Waals surface area (Å²) in [6, 6.07) is 6.98. The lowest BCUT2D eigenvalue weighted by Crippen LogP contribution is -2.33. The molecule has 168 valence electrons. The fraction of sp³-hybridized carbons (Fsp3) is 0.542. The molecule has 2 aromatic rings. The number of nitrogens with zero attached hydrogens (tertiary/aromatic N) is 3. The number of nitrogens with two attached hydrogens (primary N) is 1. The van der Waals surface area contributed by atoms with Crippen LogP contribution in [-0.4, -0.2) is 28.0 Å². The Morgan fingerprint density at radius 1 is 1.32 bits per heavy atom. The van der Waals surface area contributed by atoms with Gasteiger partial charge in [0.1, 0.15) is 23.6 Å². The molecule has 0 aliphatic carbocycles. The fourth-order valence-corrected chi connectivity index (χ4v) is 4.10. The van der Waals surface area contributed by atoms with Crippen LogP contribution >= 0.6 is 0 Å². The van der Waals surface area contributed by atoms with Crippen LogP contribution in [0, 0.1) is 12.8 Å². The molecule has 7 heteroatoms. The monoisotopic (exact) mass is 425 g/mol. The van der Waals surface area contributed by atoms with E-state index in [9.17, 15) is 4.79 Å². The van der Waals surface area contributed by atoms with Gasteiger partial charge in [0.2, 0.25) is 0 Å². The summed E-state index contributed by atoms with van der Waals surface area (Å²) in [7, 11) is 0. The minimum absolute atomic E-state index is 0.410. The minimum Gasteiger partial charge on any atom is -0.476 e. The number of aryl methyl sites for hydroxylation is 1. The molecule has 0 amide bonds. The van der Waals surface area contributed by atoms with Crippen molar-refractivity contribution in [3.63, 3.8) is 0 Å². The minimum atomic E-state index is -0.587.